The second-order valence-electron chi connectivity index (χ2n) is 4.80. The van der Waals surface area contributed by atoms with Crippen molar-refractivity contribution in [3.8, 4) is 0 Å². The second-order valence-corrected chi connectivity index (χ2v) is 4.80. The van der Waals surface area contributed by atoms with E-state index in [0.717, 1.165) is 38.9 Å². The molecule has 0 aromatic heterocycles. The molecule has 1 rings (SSSR count). The Morgan fingerprint density at radius 1 is 1.38 bits per heavy atom. The van der Waals surface area contributed by atoms with Crippen LogP contribution in [0.25, 0.3) is 0 Å². The lowest BCUT2D eigenvalue weighted by molar-refractivity contribution is -0.133. The van der Waals surface area contributed by atoms with E-state index in [-0.39, 0.29) is 0 Å². The van der Waals surface area contributed by atoms with Crippen LogP contribution in [0.2, 0.25) is 0 Å². The van der Waals surface area contributed by atoms with E-state index in [1.165, 1.54) is 0 Å². The number of hydrogen-bond donors (Lipinski definition) is 1. The molecule has 1 amide bonds. The predicted octanol–water partition coefficient (Wildman–Crippen LogP) is 0.668. The van der Waals surface area contributed by atoms with Crippen LogP contribution in [0.1, 0.15) is 32.6 Å². The molecule has 4 nitrogen and oxygen atoms in total. The van der Waals surface area contributed by atoms with Crippen LogP contribution in [0.3, 0.4) is 0 Å². The Morgan fingerprint density at radius 2 is 2.12 bits per heavy atom. The molecule has 0 bridgehead atoms. The van der Waals surface area contributed by atoms with Crippen LogP contribution in [0.5, 0.6) is 0 Å². The quantitative estimate of drug-likeness (QED) is 0.718. The number of amides is 1. The highest BCUT2D eigenvalue weighted by Crippen LogP contribution is 2.11. The van der Waals surface area contributed by atoms with Gasteiger partial charge in [-0.2, -0.15) is 0 Å². The molecule has 1 unspecified atom stereocenters. The number of nitrogens with zero attached hydrogens (tertiary/aromatic N) is 2. The third-order valence-corrected chi connectivity index (χ3v) is 3.21. The van der Waals surface area contributed by atoms with Crippen molar-refractivity contribution < 1.29 is 4.79 Å². The Hall–Kier alpha value is -0.610. The highest BCUT2D eigenvalue weighted by molar-refractivity contribution is 5.76. The highest BCUT2D eigenvalue weighted by Gasteiger charge is 2.23. The summed E-state index contributed by atoms with van der Waals surface area (Å²) in [5, 5.41) is 0. The first-order valence-corrected chi connectivity index (χ1v) is 6.33. The average Bonchev–Trinajstić information content (AvgIpc) is 2.39. The van der Waals surface area contributed by atoms with Crippen molar-refractivity contribution in [1.82, 2.24) is 9.80 Å². The number of carbonyl (C=O) groups is 1. The third kappa shape index (κ3) is 4.10. The van der Waals surface area contributed by atoms with E-state index in [9.17, 15) is 4.79 Å². The Labute approximate surface area is 98.8 Å². The van der Waals surface area contributed by atoms with Gasteiger partial charge in [0, 0.05) is 25.6 Å². The standard InChI is InChI=1S/C12H25N3O/c1-11-10-14(2)8-5-9-15(11)12(16)6-3-4-7-13/h11H,3-10,13H2,1-2H3. The largest absolute Gasteiger partial charge is 0.339 e. The van der Waals surface area contributed by atoms with Gasteiger partial charge in [-0.15, -0.1) is 0 Å². The Morgan fingerprint density at radius 3 is 2.81 bits per heavy atom. The first-order chi connectivity index (χ1) is 7.65. The van der Waals surface area contributed by atoms with Crippen LogP contribution < -0.4 is 5.73 Å². The first-order valence-electron chi connectivity index (χ1n) is 6.33. The summed E-state index contributed by atoms with van der Waals surface area (Å²) in [7, 11) is 2.12. The summed E-state index contributed by atoms with van der Waals surface area (Å²) in [6.07, 6.45) is 3.62. The zero-order chi connectivity index (χ0) is 12.0. The number of rotatable bonds is 4. The van der Waals surface area contributed by atoms with Gasteiger partial charge in [-0.1, -0.05) is 0 Å². The predicted molar refractivity (Wildman–Crippen MR) is 66.2 cm³/mol. The molecule has 0 radical (unpaired) electrons. The van der Waals surface area contributed by atoms with Gasteiger partial charge < -0.3 is 15.5 Å². The summed E-state index contributed by atoms with van der Waals surface area (Å²) >= 11 is 0. The zero-order valence-electron chi connectivity index (χ0n) is 10.6. The lowest BCUT2D eigenvalue weighted by atomic mass is 10.2. The van der Waals surface area contributed by atoms with Crippen LogP contribution in [0.4, 0.5) is 0 Å². The monoisotopic (exact) mass is 227 g/mol. The summed E-state index contributed by atoms with van der Waals surface area (Å²) in [4.78, 5) is 16.4. The van der Waals surface area contributed by atoms with E-state index in [1.54, 1.807) is 0 Å². The van der Waals surface area contributed by atoms with Crippen LogP contribution >= 0.6 is 0 Å². The van der Waals surface area contributed by atoms with E-state index in [2.05, 4.69) is 18.9 Å². The number of hydrogen-bond acceptors (Lipinski definition) is 3. The van der Waals surface area contributed by atoms with E-state index in [1.807, 2.05) is 4.90 Å². The number of nitrogens with two attached hydrogens (primary N) is 1. The van der Waals surface area contributed by atoms with Crippen molar-refractivity contribution in [1.29, 1.82) is 0 Å². The Bertz CT molecular complexity index is 220. The first kappa shape index (κ1) is 13.5. The molecule has 16 heavy (non-hydrogen) atoms. The fourth-order valence-electron chi connectivity index (χ4n) is 2.31. The molecule has 1 saturated heterocycles. The smallest absolute Gasteiger partial charge is 0.222 e. The van der Waals surface area contributed by atoms with Gasteiger partial charge in [0.05, 0.1) is 0 Å². The molecule has 4 heteroatoms. The average molecular weight is 227 g/mol. The Balaban J connectivity index is 2.40. The summed E-state index contributed by atoms with van der Waals surface area (Å²) in [6, 6.07) is 0.345. The molecule has 94 valence electrons. The fraction of sp³-hybridized carbons (Fsp3) is 0.917. The Kier molecular flexibility index (Phi) is 5.77. The number of carbonyl (C=O) groups excluding carboxylic acids is 1. The van der Waals surface area contributed by atoms with Gasteiger partial charge >= 0.3 is 0 Å². The van der Waals surface area contributed by atoms with Crippen molar-refractivity contribution in [2.24, 2.45) is 5.73 Å². The van der Waals surface area contributed by atoms with Crippen molar-refractivity contribution in [3.63, 3.8) is 0 Å². The molecule has 0 saturated carbocycles. The molecule has 0 aliphatic carbocycles. The van der Waals surface area contributed by atoms with E-state index >= 15 is 0 Å². The van der Waals surface area contributed by atoms with Gasteiger partial charge in [0.15, 0.2) is 0 Å². The normalized spacial score (nSPS) is 23.2. The van der Waals surface area contributed by atoms with Gasteiger partial charge in [-0.05, 0) is 46.3 Å². The van der Waals surface area contributed by atoms with Crippen molar-refractivity contribution in [2.45, 2.75) is 38.6 Å². The molecular weight excluding hydrogens is 202 g/mol. The highest BCUT2D eigenvalue weighted by atomic mass is 16.2. The minimum Gasteiger partial charge on any atom is -0.339 e. The minimum absolute atomic E-state index is 0.302. The van der Waals surface area contributed by atoms with Crippen molar-refractivity contribution in [2.75, 3.05) is 33.2 Å². The van der Waals surface area contributed by atoms with E-state index < -0.39 is 0 Å². The molecular formula is C12H25N3O. The topological polar surface area (TPSA) is 49.6 Å². The minimum atomic E-state index is 0.302. The van der Waals surface area contributed by atoms with Gasteiger partial charge in [0.1, 0.15) is 0 Å². The summed E-state index contributed by atoms with van der Waals surface area (Å²) in [5.41, 5.74) is 5.43. The van der Waals surface area contributed by atoms with Gasteiger partial charge in [-0.25, -0.2) is 0 Å². The van der Waals surface area contributed by atoms with Crippen LogP contribution in [-0.2, 0) is 4.79 Å². The molecule has 1 heterocycles. The second kappa shape index (κ2) is 6.86. The third-order valence-electron chi connectivity index (χ3n) is 3.21. The molecule has 1 atom stereocenters. The van der Waals surface area contributed by atoms with Gasteiger partial charge in [0.2, 0.25) is 5.91 Å². The maximum absolute atomic E-state index is 12.0. The molecule has 0 aromatic carbocycles. The molecule has 0 aromatic rings. The maximum Gasteiger partial charge on any atom is 0.222 e. The maximum atomic E-state index is 12.0. The molecule has 1 fully saturated rings. The lowest BCUT2D eigenvalue weighted by Crippen LogP contribution is -2.41. The zero-order valence-corrected chi connectivity index (χ0v) is 10.6. The number of unbranched alkanes of at least 4 members (excludes halogenated alkanes) is 1. The summed E-state index contributed by atoms with van der Waals surface area (Å²) in [5.74, 6) is 0.302. The van der Waals surface area contributed by atoms with Gasteiger partial charge in [0.25, 0.3) is 0 Å². The molecule has 2 N–H and O–H groups in total. The lowest BCUT2D eigenvalue weighted by Gasteiger charge is -2.28. The van der Waals surface area contributed by atoms with Crippen LogP contribution in [0.15, 0.2) is 0 Å². The van der Waals surface area contributed by atoms with Gasteiger partial charge in [-0.3, -0.25) is 4.79 Å². The fourth-order valence-corrected chi connectivity index (χ4v) is 2.31. The summed E-state index contributed by atoms with van der Waals surface area (Å²) < 4.78 is 0. The van der Waals surface area contributed by atoms with E-state index in [0.29, 0.717) is 24.9 Å². The molecule has 1 aliphatic rings. The summed E-state index contributed by atoms with van der Waals surface area (Å²) in [6.45, 7) is 5.82. The van der Waals surface area contributed by atoms with Crippen molar-refractivity contribution >= 4 is 5.91 Å². The van der Waals surface area contributed by atoms with Crippen LogP contribution in [0, 0.1) is 0 Å². The van der Waals surface area contributed by atoms with Crippen molar-refractivity contribution in [3.05, 3.63) is 0 Å². The van der Waals surface area contributed by atoms with E-state index in [4.69, 9.17) is 5.73 Å². The molecule has 1 aliphatic heterocycles. The molecule has 0 spiro atoms. The number of likely N-dealkylation sites (N-methyl/N-ethyl adjacent to an activating group) is 1. The SMILES string of the molecule is CC1CN(C)CCCN1C(=O)CCCCN. The van der Waals surface area contributed by atoms with Crippen LogP contribution in [-0.4, -0.2) is 55.0 Å².